The first-order chi connectivity index (χ1) is 5.13. The maximum atomic E-state index is 11.8. The number of rotatable bonds is 2. The van der Waals surface area contributed by atoms with Crippen molar-refractivity contribution in [3.05, 3.63) is 21.9 Å². The Morgan fingerprint density at radius 1 is 1.55 bits per heavy atom. The largest absolute Gasteiger partial charge is 0.300 e. The fourth-order valence-corrected chi connectivity index (χ4v) is 1.57. The highest BCUT2D eigenvalue weighted by Crippen LogP contribution is 2.16. The van der Waals surface area contributed by atoms with Gasteiger partial charge in [-0.3, -0.25) is 4.79 Å². The van der Waals surface area contributed by atoms with Crippen molar-refractivity contribution in [2.24, 2.45) is 0 Å². The summed E-state index contributed by atoms with van der Waals surface area (Å²) in [5, 5.41) is 3.12. The van der Waals surface area contributed by atoms with Crippen molar-refractivity contribution in [2.45, 2.75) is 13.3 Å². The van der Waals surface area contributed by atoms with E-state index in [2.05, 4.69) is 0 Å². The molecular formula is C7H6F2OS. The van der Waals surface area contributed by atoms with E-state index >= 15 is 0 Å². The maximum absolute atomic E-state index is 11.8. The molecule has 0 unspecified atom stereocenters. The molecule has 0 aliphatic heterocycles. The summed E-state index contributed by atoms with van der Waals surface area (Å²) in [4.78, 5) is 10.7. The number of Topliss-reactive ketones (excluding diaryl/α,β-unsaturated/α-hetero) is 1. The van der Waals surface area contributed by atoms with Crippen molar-refractivity contribution in [3.63, 3.8) is 0 Å². The van der Waals surface area contributed by atoms with Crippen molar-refractivity contribution < 1.29 is 13.6 Å². The van der Waals surface area contributed by atoms with E-state index in [4.69, 9.17) is 0 Å². The summed E-state index contributed by atoms with van der Waals surface area (Å²) in [5.74, 6) is -1.08. The Hall–Kier alpha value is -0.770. The molecule has 0 radical (unpaired) electrons. The van der Waals surface area contributed by atoms with Gasteiger partial charge in [0, 0.05) is 10.9 Å². The van der Waals surface area contributed by atoms with Crippen molar-refractivity contribution in [1.82, 2.24) is 0 Å². The molecule has 0 aliphatic rings. The molecule has 0 spiro atoms. The number of aryl methyl sites for hydroxylation is 1. The minimum atomic E-state index is -2.89. The Labute approximate surface area is 66.7 Å². The fourth-order valence-electron chi connectivity index (χ4n) is 0.731. The van der Waals surface area contributed by atoms with E-state index in [1.165, 1.54) is 16.7 Å². The fraction of sp³-hybridized carbons (Fsp3) is 0.286. The van der Waals surface area contributed by atoms with Gasteiger partial charge in [0.1, 0.15) is 0 Å². The molecule has 1 aromatic rings. The molecule has 0 saturated carbocycles. The van der Waals surface area contributed by atoms with E-state index in [0.717, 1.165) is 0 Å². The van der Waals surface area contributed by atoms with E-state index in [-0.39, 0.29) is 5.56 Å². The molecule has 1 aromatic heterocycles. The second-order valence-corrected chi connectivity index (χ2v) is 2.88. The van der Waals surface area contributed by atoms with Gasteiger partial charge in [0.15, 0.2) is 0 Å². The summed E-state index contributed by atoms with van der Waals surface area (Å²) in [6, 6.07) is 0. The summed E-state index contributed by atoms with van der Waals surface area (Å²) in [6.07, 6.45) is -2.89. The van der Waals surface area contributed by atoms with Crippen LogP contribution in [-0.4, -0.2) is 12.2 Å². The number of halogens is 2. The molecule has 0 aromatic carbocycles. The monoisotopic (exact) mass is 176 g/mol. The zero-order valence-electron chi connectivity index (χ0n) is 5.80. The van der Waals surface area contributed by atoms with Crippen LogP contribution in [0, 0.1) is 6.92 Å². The van der Waals surface area contributed by atoms with Crippen LogP contribution in [0.5, 0.6) is 0 Å². The van der Waals surface area contributed by atoms with Gasteiger partial charge < -0.3 is 0 Å². The summed E-state index contributed by atoms with van der Waals surface area (Å²) in [5.41, 5.74) is 0.769. The number of thiophene rings is 1. The lowest BCUT2D eigenvalue weighted by atomic mass is 10.1. The summed E-state index contributed by atoms with van der Waals surface area (Å²) < 4.78 is 23.7. The zero-order chi connectivity index (χ0) is 8.43. The third kappa shape index (κ3) is 1.63. The summed E-state index contributed by atoms with van der Waals surface area (Å²) in [7, 11) is 0. The molecule has 1 nitrogen and oxygen atoms in total. The third-order valence-electron chi connectivity index (χ3n) is 1.32. The van der Waals surface area contributed by atoms with E-state index in [0.29, 0.717) is 5.56 Å². The molecule has 11 heavy (non-hydrogen) atoms. The second-order valence-electron chi connectivity index (χ2n) is 2.13. The Morgan fingerprint density at radius 3 is 2.55 bits per heavy atom. The highest BCUT2D eigenvalue weighted by atomic mass is 32.1. The average Bonchev–Trinajstić information content (AvgIpc) is 2.33. The van der Waals surface area contributed by atoms with Gasteiger partial charge in [0.25, 0.3) is 0 Å². The first-order valence-corrected chi connectivity index (χ1v) is 3.92. The van der Waals surface area contributed by atoms with E-state index in [1.54, 1.807) is 12.3 Å². The van der Waals surface area contributed by atoms with Gasteiger partial charge in [0.2, 0.25) is 5.78 Å². The molecular weight excluding hydrogens is 170 g/mol. The van der Waals surface area contributed by atoms with Crippen LogP contribution in [0.1, 0.15) is 15.9 Å². The number of carbonyl (C=O) groups excluding carboxylic acids is 1. The molecule has 0 amide bonds. The topological polar surface area (TPSA) is 17.1 Å². The van der Waals surface area contributed by atoms with E-state index < -0.39 is 12.2 Å². The highest BCUT2D eigenvalue weighted by Gasteiger charge is 2.19. The Bertz CT molecular complexity index is 267. The molecule has 1 heterocycles. The van der Waals surface area contributed by atoms with Crippen LogP contribution < -0.4 is 0 Å². The third-order valence-corrected chi connectivity index (χ3v) is 2.18. The smallest absolute Gasteiger partial charge is 0.288 e. The highest BCUT2D eigenvalue weighted by molar-refractivity contribution is 7.08. The zero-order valence-corrected chi connectivity index (χ0v) is 6.62. The molecule has 0 saturated heterocycles. The van der Waals surface area contributed by atoms with Crippen LogP contribution in [0.25, 0.3) is 0 Å². The first-order valence-electron chi connectivity index (χ1n) is 2.98. The molecule has 0 fully saturated rings. The van der Waals surface area contributed by atoms with E-state index in [9.17, 15) is 13.6 Å². The molecule has 0 N–H and O–H groups in total. The lowest BCUT2D eigenvalue weighted by Gasteiger charge is -1.95. The van der Waals surface area contributed by atoms with Gasteiger partial charge in [0.05, 0.1) is 0 Å². The summed E-state index contributed by atoms with van der Waals surface area (Å²) in [6.45, 7) is 1.64. The van der Waals surface area contributed by atoms with Crippen LogP contribution in [0.15, 0.2) is 10.8 Å². The van der Waals surface area contributed by atoms with Gasteiger partial charge in [-0.15, -0.1) is 0 Å². The predicted octanol–water partition coefficient (Wildman–Crippen LogP) is 2.50. The minimum Gasteiger partial charge on any atom is -0.288 e. The standard InChI is InChI=1S/C7H6F2OS/c1-4-2-11-3-5(4)6(10)7(8)9/h2-3,7H,1H3. The quantitative estimate of drug-likeness (QED) is 0.633. The van der Waals surface area contributed by atoms with Gasteiger partial charge >= 0.3 is 6.43 Å². The maximum Gasteiger partial charge on any atom is 0.300 e. The van der Waals surface area contributed by atoms with Crippen LogP contribution in [0.2, 0.25) is 0 Å². The van der Waals surface area contributed by atoms with Crippen molar-refractivity contribution in [2.75, 3.05) is 0 Å². The van der Waals surface area contributed by atoms with Crippen molar-refractivity contribution in [1.29, 1.82) is 0 Å². The number of ketones is 1. The Morgan fingerprint density at radius 2 is 2.18 bits per heavy atom. The van der Waals surface area contributed by atoms with Gasteiger partial charge in [-0.2, -0.15) is 11.3 Å². The molecule has 4 heteroatoms. The number of alkyl halides is 2. The predicted molar refractivity (Wildman–Crippen MR) is 39.4 cm³/mol. The van der Waals surface area contributed by atoms with Gasteiger partial charge in [-0.1, -0.05) is 0 Å². The SMILES string of the molecule is Cc1cscc1C(=O)C(F)F. The molecule has 0 aliphatic carbocycles. The van der Waals surface area contributed by atoms with Gasteiger partial charge in [-0.05, 0) is 17.9 Å². The lowest BCUT2D eigenvalue weighted by Crippen LogP contribution is -2.09. The minimum absolute atomic E-state index is 0.144. The van der Waals surface area contributed by atoms with Crippen LogP contribution in [-0.2, 0) is 0 Å². The number of carbonyl (C=O) groups is 1. The molecule has 0 atom stereocenters. The second kappa shape index (κ2) is 3.09. The van der Waals surface area contributed by atoms with Crippen molar-refractivity contribution >= 4 is 17.1 Å². The number of hydrogen-bond donors (Lipinski definition) is 0. The lowest BCUT2D eigenvalue weighted by molar-refractivity contribution is 0.0678. The Kier molecular flexibility index (Phi) is 2.34. The first kappa shape index (κ1) is 8.33. The molecule has 60 valence electrons. The summed E-state index contributed by atoms with van der Waals surface area (Å²) >= 11 is 1.26. The van der Waals surface area contributed by atoms with Crippen molar-refractivity contribution in [3.8, 4) is 0 Å². The van der Waals surface area contributed by atoms with Crippen LogP contribution in [0.4, 0.5) is 8.78 Å². The molecule has 0 bridgehead atoms. The van der Waals surface area contributed by atoms with E-state index in [1.807, 2.05) is 0 Å². The van der Waals surface area contributed by atoms with Gasteiger partial charge in [-0.25, -0.2) is 8.78 Å². The average molecular weight is 176 g/mol. The number of hydrogen-bond acceptors (Lipinski definition) is 2. The molecule has 1 rings (SSSR count). The Balaban J connectivity index is 2.93. The van der Waals surface area contributed by atoms with Crippen LogP contribution >= 0.6 is 11.3 Å². The normalized spacial score (nSPS) is 10.5. The van der Waals surface area contributed by atoms with Crippen LogP contribution in [0.3, 0.4) is 0 Å².